The predicted octanol–water partition coefficient (Wildman–Crippen LogP) is 6.02. The Kier molecular flexibility index (Phi) is 8.41. The van der Waals surface area contributed by atoms with E-state index < -0.39 is 33.9 Å². The third-order valence-electron chi connectivity index (χ3n) is 4.01. The summed E-state index contributed by atoms with van der Waals surface area (Å²) in [6.07, 6.45) is -3.90. The molecule has 0 unspecified atom stereocenters. The second-order valence-corrected chi connectivity index (χ2v) is 6.74. The van der Waals surface area contributed by atoms with Gasteiger partial charge in [0.1, 0.15) is 23.7 Å². The highest BCUT2D eigenvalue weighted by atomic mass is 35.5. The third kappa shape index (κ3) is 6.84. The number of nitro benzene ring substituents is 1. The van der Waals surface area contributed by atoms with E-state index in [-0.39, 0.29) is 29.7 Å². The summed E-state index contributed by atoms with van der Waals surface area (Å²) in [5.41, 5.74) is -1.19. The van der Waals surface area contributed by atoms with Gasteiger partial charge in [-0.25, -0.2) is 4.79 Å². The van der Waals surface area contributed by atoms with Gasteiger partial charge in [0.15, 0.2) is 6.61 Å². The molecule has 0 heterocycles. The lowest BCUT2D eigenvalue weighted by Crippen LogP contribution is -2.12. The molecule has 0 aliphatic heterocycles. The molecule has 0 atom stereocenters. The summed E-state index contributed by atoms with van der Waals surface area (Å²) < 4.78 is 48.7. The zero-order chi connectivity index (χ0) is 23.9. The summed E-state index contributed by atoms with van der Waals surface area (Å²) in [7, 11) is 0. The number of carbonyl (C=O) groups is 1. The van der Waals surface area contributed by atoms with Crippen molar-refractivity contribution in [1.29, 1.82) is 0 Å². The van der Waals surface area contributed by atoms with E-state index in [4.69, 9.17) is 25.9 Å². The lowest BCUT2D eigenvalue weighted by molar-refractivity contribution is -0.385. The molecule has 2 aromatic carbocycles. The zero-order valence-electron chi connectivity index (χ0n) is 16.9. The maximum atomic E-state index is 12.8. The Morgan fingerprint density at radius 3 is 2.50 bits per heavy atom. The zero-order valence-corrected chi connectivity index (χ0v) is 17.7. The minimum atomic E-state index is -4.59. The molecule has 0 N–H and O–H groups in total. The molecule has 2 rings (SSSR count). The molecule has 0 spiro atoms. The Bertz CT molecular complexity index is 1030. The fraction of sp³-hybridized carbons (Fsp3) is 0.300. The van der Waals surface area contributed by atoms with Gasteiger partial charge < -0.3 is 14.3 Å². The van der Waals surface area contributed by atoms with E-state index in [1.807, 2.05) is 6.92 Å². The summed E-state index contributed by atoms with van der Waals surface area (Å²) in [5, 5.41) is 14.7. The lowest BCUT2D eigenvalue weighted by Gasteiger charge is -2.12. The van der Waals surface area contributed by atoms with Crippen LogP contribution < -0.4 is 4.74 Å². The van der Waals surface area contributed by atoms with Crippen LogP contribution in [-0.4, -0.2) is 29.8 Å². The molecule has 0 aliphatic rings. The molecule has 12 heteroatoms. The summed E-state index contributed by atoms with van der Waals surface area (Å²) in [4.78, 5) is 27.8. The molecule has 0 radical (unpaired) electrons. The van der Waals surface area contributed by atoms with Crippen LogP contribution in [0.5, 0.6) is 11.5 Å². The number of oxime groups is 1. The van der Waals surface area contributed by atoms with Crippen molar-refractivity contribution in [2.45, 2.75) is 26.4 Å². The van der Waals surface area contributed by atoms with E-state index in [2.05, 4.69) is 5.16 Å². The van der Waals surface area contributed by atoms with Gasteiger partial charge in [-0.1, -0.05) is 23.7 Å². The van der Waals surface area contributed by atoms with Crippen LogP contribution in [0.3, 0.4) is 0 Å². The van der Waals surface area contributed by atoms with Crippen molar-refractivity contribution in [2.24, 2.45) is 5.16 Å². The second-order valence-electron chi connectivity index (χ2n) is 6.33. The van der Waals surface area contributed by atoms with Crippen LogP contribution >= 0.6 is 11.6 Å². The molecule has 0 amide bonds. The molecule has 8 nitrogen and oxygen atoms in total. The minimum absolute atomic E-state index is 0.0613. The highest BCUT2D eigenvalue weighted by Gasteiger charge is 2.31. The first-order valence-electron chi connectivity index (χ1n) is 9.18. The number of rotatable bonds is 9. The van der Waals surface area contributed by atoms with E-state index >= 15 is 0 Å². The monoisotopic (exact) mass is 474 g/mol. The minimum Gasteiger partial charge on any atom is -0.458 e. The highest BCUT2D eigenvalue weighted by molar-refractivity contribution is 6.32. The van der Waals surface area contributed by atoms with E-state index in [0.29, 0.717) is 12.5 Å². The Morgan fingerprint density at radius 1 is 1.19 bits per heavy atom. The largest absolute Gasteiger partial charge is 0.458 e. The number of esters is 1. The number of ether oxygens (including phenoxy) is 2. The molecular formula is C20H18ClF3N2O6. The SMILES string of the molecule is CCC(C)=NOCCOC(=O)c1cc(Oc2ccc(C(F)(F)F)cc2Cl)ccc1[N+](=O)[O-]. The van der Waals surface area contributed by atoms with Crippen molar-refractivity contribution in [3.63, 3.8) is 0 Å². The van der Waals surface area contributed by atoms with Crippen molar-refractivity contribution < 1.29 is 37.2 Å². The van der Waals surface area contributed by atoms with Crippen LogP contribution in [-0.2, 0) is 15.8 Å². The van der Waals surface area contributed by atoms with Crippen molar-refractivity contribution in [3.8, 4) is 11.5 Å². The number of hydrogen-bond donors (Lipinski definition) is 0. The van der Waals surface area contributed by atoms with E-state index in [1.54, 1.807) is 6.92 Å². The molecule has 0 fully saturated rings. The molecule has 0 saturated heterocycles. The van der Waals surface area contributed by atoms with E-state index in [9.17, 15) is 28.1 Å². The van der Waals surface area contributed by atoms with Gasteiger partial charge >= 0.3 is 12.1 Å². The first kappa shape index (κ1) is 24.9. The van der Waals surface area contributed by atoms with Gasteiger partial charge in [-0.3, -0.25) is 10.1 Å². The third-order valence-corrected chi connectivity index (χ3v) is 4.31. The lowest BCUT2D eigenvalue weighted by atomic mass is 10.1. The molecule has 0 saturated carbocycles. The number of nitro groups is 1. The van der Waals surface area contributed by atoms with Gasteiger partial charge in [0.05, 0.1) is 21.2 Å². The van der Waals surface area contributed by atoms with Gasteiger partial charge in [0, 0.05) is 12.1 Å². The quantitative estimate of drug-likeness (QED) is 0.145. The summed E-state index contributed by atoms with van der Waals surface area (Å²) >= 11 is 5.85. The molecular weight excluding hydrogens is 457 g/mol. The van der Waals surface area contributed by atoms with Crippen LogP contribution in [0.1, 0.15) is 36.2 Å². The normalized spacial score (nSPS) is 11.8. The number of halogens is 4. The van der Waals surface area contributed by atoms with Crippen molar-refractivity contribution >= 4 is 29.0 Å². The Morgan fingerprint density at radius 2 is 1.91 bits per heavy atom. The average molecular weight is 475 g/mol. The van der Waals surface area contributed by atoms with Crippen LogP contribution in [0.4, 0.5) is 18.9 Å². The maximum absolute atomic E-state index is 12.8. The topological polar surface area (TPSA) is 100 Å². The summed E-state index contributed by atoms with van der Waals surface area (Å²) in [5.74, 6) is -1.21. The highest BCUT2D eigenvalue weighted by Crippen LogP contribution is 2.37. The van der Waals surface area contributed by atoms with Gasteiger partial charge in [0.2, 0.25) is 0 Å². The predicted molar refractivity (Wildman–Crippen MR) is 109 cm³/mol. The van der Waals surface area contributed by atoms with Crippen LogP contribution in [0.2, 0.25) is 5.02 Å². The first-order chi connectivity index (χ1) is 15.0. The van der Waals surface area contributed by atoms with Gasteiger partial charge in [0.25, 0.3) is 5.69 Å². The molecule has 0 bridgehead atoms. The van der Waals surface area contributed by atoms with Crippen molar-refractivity contribution in [1.82, 2.24) is 0 Å². The van der Waals surface area contributed by atoms with Gasteiger partial charge in [-0.15, -0.1) is 0 Å². The average Bonchev–Trinajstić information content (AvgIpc) is 2.73. The molecule has 32 heavy (non-hydrogen) atoms. The van der Waals surface area contributed by atoms with E-state index in [1.165, 1.54) is 6.07 Å². The van der Waals surface area contributed by atoms with Gasteiger partial charge in [-0.2, -0.15) is 13.2 Å². The van der Waals surface area contributed by atoms with Crippen LogP contribution in [0, 0.1) is 10.1 Å². The molecule has 2 aromatic rings. The van der Waals surface area contributed by atoms with Crippen LogP contribution in [0.25, 0.3) is 0 Å². The summed E-state index contributed by atoms with van der Waals surface area (Å²) in [6.45, 7) is 3.36. The first-order valence-corrected chi connectivity index (χ1v) is 9.56. The fourth-order valence-corrected chi connectivity index (χ4v) is 2.48. The standard InChI is InChI=1S/C20H18ClF3N2O6/c1-3-12(2)25-31-9-8-30-19(27)15-11-14(5-6-17(15)26(28)29)32-18-7-4-13(10-16(18)21)20(22,23)24/h4-7,10-11H,3,8-9H2,1-2H3. The Hall–Kier alpha value is -3.34. The second kappa shape index (κ2) is 10.8. The number of hydrogen-bond acceptors (Lipinski definition) is 7. The Balaban J connectivity index is 2.17. The Labute approximate surface area is 185 Å². The van der Waals surface area contributed by atoms with Crippen LogP contribution in [0.15, 0.2) is 41.6 Å². The maximum Gasteiger partial charge on any atom is 0.416 e. The summed E-state index contributed by atoms with van der Waals surface area (Å²) in [6, 6.07) is 5.67. The number of carbonyl (C=O) groups excluding carboxylic acids is 1. The molecule has 172 valence electrons. The van der Waals surface area contributed by atoms with Gasteiger partial charge in [-0.05, 0) is 37.6 Å². The fourth-order valence-electron chi connectivity index (χ4n) is 2.26. The number of benzene rings is 2. The van der Waals surface area contributed by atoms with E-state index in [0.717, 1.165) is 30.0 Å². The molecule has 0 aliphatic carbocycles. The number of alkyl halides is 3. The molecule has 0 aromatic heterocycles. The smallest absolute Gasteiger partial charge is 0.416 e. The van der Waals surface area contributed by atoms with Crippen molar-refractivity contribution in [3.05, 3.63) is 62.7 Å². The number of nitrogens with zero attached hydrogens (tertiary/aromatic N) is 2. The van der Waals surface area contributed by atoms with Crippen molar-refractivity contribution in [2.75, 3.05) is 13.2 Å².